The van der Waals surface area contributed by atoms with E-state index in [0.717, 1.165) is 32.2 Å². The van der Waals surface area contributed by atoms with Gasteiger partial charge >= 0.3 is 0 Å². The predicted molar refractivity (Wildman–Crippen MR) is 77.8 cm³/mol. The zero-order valence-electron chi connectivity index (χ0n) is 12.7. The van der Waals surface area contributed by atoms with Crippen molar-refractivity contribution < 1.29 is 9.53 Å². The lowest BCUT2D eigenvalue weighted by Gasteiger charge is -2.33. The largest absolute Gasteiger partial charge is 0.380 e. The van der Waals surface area contributed by atoms with Crippen molar-refractivity contribution in [3.8, 4) is 0 Å². The van der Waals surface area contributed by atoms with Gasteiger partial charge in [-0.05, 0) is 39.0 Å². The summed E-state index contributed by atoms with van der Waals surface area (Å²) >= 11 is 0. The van der Waals surface area contributed by atoms with E-state index in [2.05, 4.69) is 6.92 Å². The van der Waals surface area contributed by atoms with Gasteiger partial charge in [-0.25, -0.2) is 0 Å². The fourth-order valence-corrected chi connectivity index (χ4v) is 2.95. The van der Waals surface area contributed by atoms with E-state index in [4.69, 9.17) is 10.5 Å². The van der Waals surface area contributed by atoms with Gasteiger partial charge in [-0.1, -0.05) is 13.3 Å². The van der Waals surface area contributed by atoms with Crippen molar-refractivity contribution in [2.24, 2.45) is 17.6 Å². The van der Waals surface area contributed by atoms with E-state index >= 15 is 0 Å². The minimum Gasteiger partial charge on any atom is -0.380 e. The van der Waals surface area contributed by atoms with Crippen LogP contribution in [0.2, 0.25) is 0 Å². The first-order valence-electron chi connectivity index (χ1n) is 7.72. The van der Waals surface area contributed by atoms with Gasteiger partial charge in [0.15, 0.2) is 0 Å². The Bertz CT molecular complexity index is 271. The van der Waals surface area contributed by atoms with E-state index in [9.17, 15) is 4.79 Å². The lowest BCUT2D eigenvalue weighted by Crippen LogP contribution is -2.42. The zero-order chi connectivity index (χ0) is 14.3. The average Bonchev–Trinajstić information content (AvgIpc) is 2.42. The highest BCUT2D eigenvalue weighted by Gasteiger charge is 2.30. The first kappa shape index (κ1) is 16.4. The second-order valence-electron chi connectivity index (χ2n) is 5.59. The average molecular weight is 270 g/mol. The third-order valence-corrected chi connectivity index (χ3v) is 4.26. The molecule has 2 N–H and O–H groups in total. The van der Waals surface area contributed by atoms with Gasteiger partial charge in [0.1, 0.15) is 0 Å². The van der Waals surface area contributed by atoms with E-state index < -0.39 is 0 Å². The molecule has 1 rings (SSSR count). The van der Waals surface area contributed by atoms with Crippen molar-refractivity contribution in [2.75, 3.05) is 26.3 Å². The minimum atomic E-state index is 0.0907. The molecule has 3 unspecified atom stereocenters. The van der Waals surface area contributed by atoms with E-state index in [0.29, 0.717) is 25.7 Å². The molecule has 4 nitrogen and oxygen atoms in total. The Morgan fingerprint density at radius 2 is 2.16 bits per heavy atom. The summed E-state index contributed by atoms with van der Waals surface area (Å²) < 4.78 is 5.34. The third kappa shape index (κ3) is 5.11. The maximum atomic E-state index is 12.5. The zero-order valence-corrected chi connectivity index (χ0v) is 12.7. The van der Waals surface area contributed by atoms with Gasteiger partial charge in [0.05, 0.1) is 6.61 Å². The molecule has 0 aromatic carbocycles. The maximum Gasteiger partial charge on any atom is 0.225 e. The molecule has 0 bridgehead atoms. The van der Waals surface area contributed by atoms with Crippen molar-refractivity contribution in [1.82, 2.24) is 4.90 Å². The quantitative estimate of drug-likeness (QED) is 0.720. The summed E-state index contributed by atoms with van der Waals surface area (Å²) in [6.07, 6.45) is 4.41. The molecule has 4 heteroatoms. The molecule has 19 heavy (non-hydrogen) atoms. The molecule has 0 aromatic heterocycles. The van der Waals surface area contributed by atoms with E-state index in [-0.39, 0.29) is 17.9 Å². The van der Waals surface area contributed by atoms with E-state index in [1.165, 1.54) is 0 Å². The van der Waals surface area contributed by atoms with Crippen molar-refractivity contribution in [1.29, 1.82) is 0 Å². The van der Waals surface area contributed by atoms with Crippen molar-refractivity contribution >= 4 is 5.91 Å². The van der Waals surface area contributed by atoms with Crippen LogP contribution < -0.4 is 5.73 Å². The third-order valence-electron chi connectivity index (χ3n) is 4.26. The molecule has 1 aliphatic rings. The van der Waals surface area contributed by atoms with Crippen LogP contribution in [0.5, 0.6) is 0 Å². The number of amides is 1. The summed E-state index contributed by atoms with van der Waals surface area (Å²) in [6, 6.07) is 0.285. The number of carbonyl (C=O) groups is 1. The Kier molecular flexibility index (Phi) is 7.39. The Morgan fingerprint density at radius 3 is 2.74 bits per heavy atom. The van der Waals surface area contributed by atoms with Crippen molar-refractivity contribution in [2.45, 2.75) is 52.5 Å². The molecule has 1 saturated carbocycles. The second kappa shape index (κ2) is 8.54. The van der Waals surface area contributed by atoms with Gasteiger partial charge in [0, 0.05) is 31.7 Å². The number of nitrogens with zero attached hydrogens (tertiary/aromatic N) is 1. The highest BCUT2D eigenvalue weighted by Crippen LogP contribution is 2.30. The molecule has 0 aromatic rings. The molecule has 1 fully saturated rings. The van der Waals surface area contributed by atoms with Crippen LogP contribution in [-0.2, 0) is 9.53 Å². The number of hydrogen-bond donors (Lipinski definition) is 1. The molecule has 0 saturated heterocycles. The number of likely N-dealkylation sites (N-methyl/N-ethyl adjacent to an activating group) is 1. The van der Waals surface area contributed by atoms with Gasteiger partial charge < -0.3 is 15.4 Å². The summed E-state index contributed by atoms with van der Waals surface area (Å²) in [5.41, 5.74) is 6.02. The van der Waals surface area contributed by atoms with Crippen LogP contribution >= 0.6 is 0 Å². The predicted octanol–water partition coefficient (Wildman–Crippen LogP) is 2.02. The SMILES string of the molecule is CCOCCN(CC)C(=O)C(C)C1CCCC(N)C1. The van der Waals surface area contributed by atoms with Crippen LogP contribution in [0.25, 0.3) is 0 Å². The molecule has 0 spiro atoms. The van der Waals surface area contributed by atoms with Gasteiger partial charge in [0.25, 0.3) is 0 Å². The lowest BCUT2D eigenvalue weighted by atomic mass is 9.78. The smallest absolute Gasteiger partial charge is 0.225 e. The summed E-state index contributed by atoms with van der Waals surface area (Å²) in [5, 5.41) is 0. The van der Waals surface area contributed by atoms with Crippen LogP contribution in [0.1, 0.15) is 46.5 Å². The summed E-state index contributed by atoms with van der Waals surface area (Å²) in [7, 11) is 0. The monoisotopic (exact) mass is 270 g/mol. The molecule has 1 amide bonds. The first-order valence-corrected chi connectivity index (χ1v) is 7.72. The maximum absolute atomic E-state index is 12.5. The van der Waals surface area contributed by atoms with Crippen LogP contribution in [-0.4, -0.2) is 43.2 Å². The standard InChI is InChI=1S/C15H30N2O2/c1-4-17(9-10-19-5-2)15(18)12(3)13-7-6-8-14(16)11-13/h12-14H,4-11,16H2,1-3H3. The Balaban J connectivity index is 2.48. The van der Waals surface area contributed by atoms with Gasteiger partial charge in [0.2, 0.25) is 5.91 Å². The molecule has 0 radical (unpaired) electrons. The number of rotatable bonds is 7. The summed E-state index contributed by atoms with van der Waals surface area (Å²) in [4.78, 5) is 14.4. The normalized spacial score (nSPS) is 25.1. The molecule has 0 aliphatic heterocycles. The van der Waals surface area contributed by atoms with Crippen LogP contribution in [0, 0.1) is 11.8 Å². The van der Waals surface area contributed by atoms with Gasteiger partial charge in [-0.3, -0.25) is 4.79 Å². The van der Waals surface area contributed by atoms with Crippen molar-refractivity contribution in [3.05, 3.63) is 0 Å². The van der Waals surface area contributed by atoms with E-state index in [1.807, 2.05) is 18.7 Å². The molecule has 1 aliphatic carbocycles. The highest BCUT2D eigenvalue weighted by molar-refractivity contribution is 5.78. The van der Waals surface area contributed by atoms with Crippen LogP contribution in [0.15, 0.2) is 0 Å². The number of carbonyl (C=O) groups excluding carboxylic acids is 1. The molecular weight excluding hydrogens is 240 g/mol. The van der Waals surface area contributed by atoms with Crippen molar-refractivity contribution in [3.63, 3.8) is 0 Å². The first-order chi connectivity index (χ1) is 9.10. The minimum absolute atomic E-state index is 0.0907. The topological polar surface area (TPSA) is 55.6 Å². The Morgan fingerprint density at radius 1 is 1.42 bits per heavy atom. The van der Waals surface area contributed by atoms with Crippen LogP contribution in [0.4, 0.5) is 0 Å². The lowest BCUT2D eigenvalue weighted by molar-refractivity contribution is -0.137. The number of ether oxygens (including phenoxy) is 1. The molecule has 112 valence electrons. The van der Waals surface area contributed by atoms with E-state index in [1.54, 1.807) is 0 Å². The number of hydrogen-bond acceptors (Lipinski definition) is 3. The molecule has 0 heterocycles. The summed E-state index contributed by atoms with van der Waals surface area (Å²) in [5.74, 6) is 0.812. The van der Waals surface area contributed by atoms with Crippen LogP contribution in [0.3, 0.4) is 0 Å². The summed E-state index contributed by atoms with van der Waals surface area (Å²) in [6.45, 7) is 8.87. The molecule has 3 atom stereocenters. The Hall–Kier alpha value is -0.610. The molecular formula is C15H30N2O2. The second-order valence-corrected chi connectivity index (χ2v) is 5.59. The van der Waals surface area contributed by atoms with Gasteiger partial charge in [-0.15, -0.1) is 0 Å². The number of nitrogens with two attached hydrogens (primary N) is 1. The fraction of sp³-hybridized carbons (Fsp3) is 0.933. The van der Waals surface area contributed by atoms with Gasteiger partial charge in [-0.2, -0.15) is 0 Å². The Labute approximate surface area is 117 Å². The highest BCUT2D eigenvalue weighted by atomic mass is 16.5. The fourth-order valence-electron chi connectivity index (χ4n) is 2.95.